The molecule has 0 radical (unpaired) electrons. The Morgan fingerprint density at radius 3 is 2.29 bits per heavy atom. The van der Waals surface area contributed by atoms with Gasteiger partial charge in [-0.25, -0.2) is 0 Å². The molecule has 1 fully saturated rings. The van der Waals surface area contributed by atoms with Crippen LogP contribution in [0.15, 0.2) is 73.1 Å². The summed E-state index contributed by atoms with van der Waals surface area (Å²) in [6.07, 6.45) is 13.1. The maximum atomic E-state index is 13.6. The number of unbranched alkanes of at least 4 members (excludes halogenated alkanes) is 3. The summed E-state index contributed by atoms with van der Waals surface area (Å²) in [6, 6.07) is 19.5. The molecule has 224 valence electrons. The van der Waals surface area contributed by atoms with Crippen molar-refractivity contribution in [3.8, 4) is 5.75 Å². The Labute approximate surface area is 250 Å². The van der Waals surface area contributed by atoms with Gasteiger partial charge in [-0.1, -0.05) is 50.5 Å². The lowest BCUT2D eigenvalue weighted by Crippen LogP contribution is -2.39. The van der Waals surface area contributed by atoms with Gasteiger partial charge in [0, 0.05) is 30.5 Å². The lowest BCUT2D eigenvalue weighted by atomic mass is 9.81. The third kappa shape index (κ3) is 9.69. The first-order valence-electron chi connectivity index (χ1n) is 15.5. The third-order valence-electron chi connectivity index (χ3n) is 8.33. The van der Waals surface area contributed by atoms with Crippen molar-refractivity contribution in [2.24, 2.45) is 17.6 Å². The van der Waals surface area contributed by atoms with E-state index in [-0.39, 0.29) is 24.3 Å². The summed E-state index contributed by atoms with van der Waals surface area (Å²) in [7, 11) is 0. The van der Waals surface area contributed by atoms with Crippen molar-refractivity contribution in [3.05, 3.63) is 89.7 Å². The third-order valence-corrected chi connectivity index (χ3v) is 8.33. The van der Waals surface area contributed by atoms with E-state index >= 15 is 0 Å². The molecule has 42 heavy (non-hydrogen) atoms. The molecule has 4 rings (SSSR count). The minimum Gasteiger partial charge on any atom is -0.489 e. The highest BCUT2D eigenvalue weighted by Gasteiger charge is 2.28. The summed E-state index contributed by atoms with van der Waals surface area (Å²) in [4.78, 5) is 30.7. The molecular weight excluding hydrogens is 524 g/mol. The number of rotatable bonds is 15. The average molecular weight is 571 g/mol. The molecule has 1 aliphatic rings. The number of ether oxygens (including phenoxy) is 1. The van der Waals surface area contributed by atoms with Crippen LogP contribution in [-0.4, -0.2) is 29.9 Å². The van der Waals surface area contributed by atoms with Crippen LogP contribution >= 0.6 is 0 Å². The number of aromatic nitrogens is 1. The molecule has 2 amide bonds. The van der Waals surface area contributed by atoms with E-state index in [1.54, 1.807) is 12.4 Å². The number of carbonyl (C=O) groups is 2. The Bertz CT molecular complexity index is 1220. The van der Waals surface area contributed by atoms with Crippen LogP contribution in [0.2, 0.25) is 0 Å². The van der Waals surface area contributed by atoms with Crippen LogP contribution in [0.4, 0.5) is 5.69 Å². The standard InChI is InChI=1S/C35H46N4O3/c1-2-3-4-5-6-26-9-15-31(16-10-26)39-35(41)33(24-38-34(40)30-11-7-27(23-36)8-12-30)29-13-17-32(18-14-29)42-25-28-19-21-37-22-20-28/h9-10,13-22,27,30,33H,2-8,11-12,23-25,36H2,1H3,(H,38,40)(H,39,41). The molecule has 1 aromatic heterocycles. The number of amides is 2. The summed E-state index contributed by atoms with van der Waals surface area (Å²) in [5.74, 6) is 0.526. The molecule has 0 bridgehead atoms. The Morgan fingerprint density at radius 2 is 1.62 bits per heavy atom. The number of benzene rings is 2. The molecule has 2 aromatic carbocycles. The normalized spacial score (nSPS) is 17.3. The molecule has 1 saturated carbocycles. The van der Waals surface area contributed by atoms with Crippen LogP contribution in [0.5, 0.6) is 5.75 Å². The van der Waals surface area contributed by atoms with E-state index in [1.165, 1.54) is 31.2 Å². The average Bonchev–Trinajstić information content (AvgIpc) is 3.04. The van der Waals surface area contributed by atoms with Gasteiger partial charge in [-0.05, 0) is 104 Å². The summed E-state index contributed by atoms with van der Waals surface area (Å²) in [5.41, 5.74) is 9.71. The number of anilines is 1. The van der Waals surface area contributed by atoms with E-state index in [2.05, 4.69) is 34.7 Å². The number of carbonyl (C=O) groups excluding carboxylic acids is 2. The lowest BCUT2D eigenvalue weighted by molar-refractivity contribution is -0.126. The molecule has 0 aliphatic heterocycles. The van der Waals surface area contributed by atoms with Gasteiger partial charge in [0.15, 0.2) is 0 Å². The van der Waals surface area contributed by atoms with E-state index in [0.717, 1.165) is 48.9 Å². The maximum Gasteiger partial charge on any atom is 0.233 e. The Balaban J connectivity index is 1.40. The highest BCUT2D eigenvalue weighted by Crippen LogP contribution is 2.29. The first kappa shape index (κ1) is 31.2. The number of hydrogen-bond donors (Lipinski definition) is 3. The zero-order valence-electron chi connectivity index (χ0n) is 24.9. The number of hydrogen-bond acceptors (Lipinski definition) is 5. The highest BCUT2D eigenvalue weighted by molar-refractivity contribution is 5.96. The second kappa shape index (κ2) is 16.7. The number of nitrogens with zero attached hydrogens (tertiary/aromatic N) is 1. The zero-order chi connectivity index (χ0) is 29.6. The molecular formula is C35H46N4O3. The molecule has 1 unspecified atom stereocenters. The first-order valence-corrected chi connectivity index (χ1v) is 15.5. The minimum absolute atomic E-state index is 0.0213. The fourth-order valence-corrected chi connectivity index (χ4v) is 5.55. The van der Waals surface area contributed by atoms with Crippen molar-refractivity contribution in [1.29, 1.82) is 0 Å². The summed E-state index contributed by atoms with van der Waals surface area (Å²) < 4.78 is 5.92. The van der Waals surface area contributed by atoms with Crippen LogP contribution in [0.3, 0.4) is 0 Å². The summed E-state index contributed by atoms with van der Waals surface area (Å²) in [5, 5.41) is 6.17. The van der Waals surface area contributed by atoms with Crippen LogP contribution in [0.25, 0.3) is 0 Å². The topological polar surface area (TPSA) is 106 Å². The van der Waals surface area contributed by atoms with Gasteiger partial charge in [-0.15, -0.1) is 0 Å². The Hall–Kier alpha value is -3.71. The second-order valence-electron chi connectivity index (χ2n) is 11.5. The molecule has 7 nitrogen and oxygen atoms in total. The second-order valence-corrected chi connectivity index (χ2v) is 11.5. The number of nitrogens with two attached hydrogens (primary N) is 1. The van der Waals surface area contributed by atoms with Gasteiger partial charge in [-0.3, -0.25) is 14.6 Å². The van der Waals surface area contributed by atoms with Gasteiger partial charge in [0.2, 0.25) is 11.8 Å². The van der Waals surface area contributed by atoms with Crippen molar-refractivity contribution < 1.29 is 14.3 Å². The highest BCUT2D eigenvalue weighted by atomic mass is 16.5. The van der Waals surface area contributed by atoms with Gasteiger partial charge >= 0.3 is 0 Å². The monoisotopic (exact) mass is 570 g/mol. The fraction of sp³-hybridized carbons (Fsp3) is 0.457. The zero-order valence-corrected chi connectivity index (χ0v) is 24.9. The molecule has 0 saturated heterocycles. The van der Waals surface area contributed by atoms with Crippen LogP contribution in [-0.2, 0) is 22.6 Å². The number of nitrogens with one attached hydrogen (secondary N) is 2. The molecule has 1 aliphatic carbocycles. The van der Waals surface area contributed by atoms with Gasteiger partial charge < -0.3 is 21.1 Å². The van der Waals surface area contributed by atoms with Gasteiger partial charge in [-0.2, -0.15) is 0 Å². The van der Waals surface area contributed by atoms with Crippen molar-refractivity contribution in [2.75, 3.05) is 18.4 Å². The predicted octanol–water partition coefficient (Wildman–Crippen LogP) is 6.39. The first-order chi connectivity index (χ1) is 20.6. The lowest BCUT2D eigenvalue weighted by Gasteiger charge is -2.27. The van der Waals surface area contributed by atoms with Crippen LogP contribution in [0.1, 0.15) is 80.9 Å². The van der Waals surface area contributed by atoms with Crippen molar-refractivity contribution >= 4 is 17.5 Å². The van der Waals surface area contributed by atoms with E-state index in [9.17, 15) is 9.59 Å². The van der Waals surface area contributed by atoms with E-state index in [0.29, 0.717) is 24.8 Å². The fourth-order valence-electron chi connectivity index (χ4n) is 5.55. The van der Waals surface area contributed by atoms with Gasteiger partial charge in [0.1, 0.15) is 12.4 Å². The minimum atomic E-state index is -0.544. The quantitative estimate of drug-likeness (QED) is 0.184. The van der Waals surface area contributed by atoms with E-state index < -0.39 is 5.92 Å². The molecule has 4 N–H and O–H groups in total. The number of pyridine rings is 1. The maximum absolute atomic E-state index is 13.6. The number of aryl methyl sites for hydroxylation is 1. The van der Waals surface area contributed by atoms with Crippen LogP contribution < -0.4 is 21.1 Å². The van der Waals surface area contributed by atoms with Crippen LogP contribution in [0, 0.1) is 11.8 Å². The largest absolute Gasteiger partial charge is 0.489 e. The van der Waals surface area contributed by atoms with E-state index in [4.69, 9.17) is 10.5 Å². The predicted molar refractivity (Wildman–Crippen MR) is 168 cm³/mol. The summed E-state index contributed by atoms with van der Waals surface area (Å²) in [6.45, 7) is 3.56. The van der Waals surface area contributed by atoms with Gasteiger partial charge in [0.05, 0.1) is 5.92 Å². The molecule has 1 heterocycles. The molecule has 1 atom stereocenters. The molecule has 0 spiro atoms. The van der Waals surface area contributed by atoms with Crippen molar-refractivity contribution in [1.82, 2.24) is 10.3 Å². The Kier molecular flexibility index (Phi) is 12.4. The van der Waals surface area contributed by atoms with Gasteiger partial charge in [0.25, 0.3) is 0 Å². The van der Waals surface area contributed by atoms with Crippen molar-refractivity contribution in [2.45, 2.75) is 77.2 Å². The Morgan fingerprint density at radius 1 is 0.905 bits per heavy atom. The van der Waals surface area contributed by atoms with Crippen molar-refractivity contribution in [3.63, 3.8) is 0 Å². The molecule has 3 aromatic rings. The smallest absolute Gasteiger partial charge is 0.233 e. The van der Waals surface area contributed by atoms with E-state index in [1.807, 2.05) is 48.5 Å². The SMILES string of the molecule is CCCCCCc1ccc(NC(=O)C(CNC(=O)C2CCC(CN)CC2)c2ccc(OCc3ccncc3)cc2)cc1. The summed E-state index contributed by atoms with van der Waals surface area (Å²) >= 11 is 0. The molecule has 7 heteroatoms.